The lowest BCUT2D eigenvalue weighted by Crippen LogP contribution is -2.54. The summed E-state index contributed by atoms with van der Waals surface area (Å²) >= 11 is 0. The van der Waals surface area contributed by atoms with Crippen LogP contribution in [-0.2, 0) is 19.2 Å². The summed E-state index contributed by atoms with van der Waals surface area (Å²) in [5.41, 5.74) is 16.4. The summed E-state index contributed by atoms with van der Waals surface area (Å²) in [6.45, 7) is 4.70. The highest BCUT2D eigenvalue weighted by molar-refractivity contribution is 5.92. The first-order valence-corrected chi connectivity index (χ1v) is 9.94. The molecule has 4 unspecified atom stereocenters. The number of aliphatic hydroxyl groups excluding tert-OH is 1. The van der Waals surface area contributed by atoms with E-state index >= 15 is 0 Å². The fraction of sp³-hybridized carbons (Fsp3) is 0.722. The third kappa shape index (κ3) is 12.4. The summed E-state index contributed by atoms with van der Waals surface area (Å²) in [5, 5.41) is 25.4. The number of nitrogens with two attached hydrogens (primary N) is 3. The Morgan fingerprint density at radius 1 is 1.03 bits per heavy atom. The number of carbonyl (C=O) groups is 4. The quantitative estimate of drug-likeness (QED) is 0.0769. The third-order valence-corrected chi connectivity index (χ3v) is 4.13. The van der Waals surface area contributed by atoms with Crippen molar-refractivity contribution in [3.05, 3.63) is 0 Å². The third-order valence-electron chi connectivity index (χ3n) is 4.13. The highest BCUT2D eigenvalue weighted by atomic mass is 16.4. The predicted octanol–water partition coefficient (Wildman–Crippen LogP) is -3.04. The van der Waals surface area contributed by atoms with Crippen molar-refractivity contribution >= 4 is 29.7 Å². The molecule has 0 fully saturated rings. The topological polar surface area (TPSA) is 235 Å². The van der Waals surface area contributed by atoms with Crippen molar-refractivity contribution in [2.45, 2.75) is 64.3 Å². The second kappa shape index (κ2) is 14.1. The average Bonchev–Trinajstić information content (AvgIpc) is 2.64. The van der Waals surface area contributed by atoms with E-state index < -0.39 is 54.5 Å². The molecule has 0 radical (unpaired) electrons. The van der Waals surface area contributed by atoms with E-state index in [1.54, 1.807) is 0 Å². The normalized spacial score (nSPS) is 14.6. The summed E-state index contributed by atoms with van der Waals surface area (Å²) in [6.07, 6.45) is -0.366. The van der Waals surface area contributed by atoms with Crippen molar-refractivity contribution in [3.8, 4) is 0 Å². The summed E-state index contributed by atoms with van der Waals surface area (Å²) in [6, 6.07) is -3.33. The van der Waals surface area contributed by atoms with Gasteiger partial charge in [-0.15, -0.1) is 0 Å². The molecule has 0 aliphatic heterocycles. The number of nitrogens with one attached hydrogen (secondary N) is 3. The molecule has 31 heavy (non-hydrogen) atoms. The molecule has 0 rings (SSSR count). The van der Waals surface area contributed by atoms with Crippen molar-refractivity contribution in [3.63, 3.8) is 0 Å². The molecule has 0 bridgehead atoms. The Morgan fingerprint density at radius 3 is 2.13 bits per heavy atom. The monoisotopic (exact) mass is 445 g/mol. The van der Waals surface area contributed by atoms with Gasteiger partial charge in [-0.25, -0.2) is 4.79 Å². The standard InChI is InChI=1S/C18H35N7O6/c1-9(2)7-11(19)15(28)24-12(5-4-6-22-18(20)21)16(29)23-8-13(27)25-14(10(3)26)17(30)31/h9-12,14,26H,4-8,19H2,1-3H3,(H,23,29)(H,24,28)(H,25,27)(H,30,31)(H4,20,21,22). The first-order chi connectivity index (χ1) is 14.3. The number of hydrogen-bond donors (Lipinski definition) is 8. The number of carbonyl (C=O) groups excluding carboxylic acids is 3. The highest BCUT2D eigenvalue weighted by Crippen LogP contribution is 2.05. The van der Waals surface area contributed by atoms with Gasteiger partial charge in [0.25, 0.3) is 0 Å². The number of carboxylic acids is 1. The van der Waals surface area contributed by atoms with Crippen LogP contribution in [-0.4, -0.2) is 77.2 Å². The van der Waals surface area contributed by atoms with Crippen LogP contribution in [0.2, 0.25) is 0 Å². The molecule has 3 amide bonds. The molecule has 0 aromatic carbocycles. The number of nitrogens with zero attached hydrogens (tertiary/aromatic N) is 1. The van der Waals surface area contributed by atoms with Gasteiger partial charge in [-0.1, -0.05) is 13.8 Å². The maximum atomic E-state index is 12.5. The molecule has 13 nitrogen and oxygen atoms in total. The number of aliphatic hydroxyl groups is 1. The molecule has 0 saturated heterocycles. The van der Waals surface area contributed by atoms with Gasteiger partial charge in [0, 0.05) is 6.54 Å². The Hall–Kier alpha value is -2.93. The molecular formula is C18H35N7O6. The maximum Gasteiger partial charge on any atom is 0.328 e. The largest absolute Gasteiger partial charge is 0.480 e. The van der Waals surface area contributed by atoms with Crippen molar-refractivity contribution in [1.29, 1.82) is 0 Å². The number of hydrogen-bond acceptors (Lipinski definition) is 7. The van der Waals surface area contributed by atoms with E-state index in [0.29, 0.717) is 12.8 Å². The fourth-order valence-electron chi connectivity index (χ4n) is 2.57. The summed E-state index contributed by atoms with van der Waals surface area (Å²) in [5.74, 6) is -3.34. The van der Waals surface area contributed by atoms with Gasteiger partial charge in [-0.2, -0.15) is 0 Å². The summed E-state index contributed by atoms with van der Waals surface area (Å²) in [4.78, 5) is 51.6. The van der Waals surface area contributed by atoms with Crippen LogP contribution in [0, 0.1) is 5.92 Å². The van der Waals surface area contributed by atoms with E-state index in [-0.39, 0.29) is 24.8 Å². The molecule has 0 aromatic rings. The van der Waals surface area contributed by atoms with Gasteiger partial charge < -0.3 is 43.4 Å². The van der Waals surface area contributed by atoms with Crippen molar-refractivity contribution in [1.82, 2.24) is 16.0 Å². The van der Waals surface area contributed by atoms with Gasteiger partial charge in [-0.05, 0) is 32.1 Å². The fourth-order valence-corrected chi connectivity index (χ4v) is 2.57. The van der Waals surface area contributed by atoms with E-state index in [1.165, 1.54) is 6.92 Å². The summed E-state index contributed by atoms with van der Waals surface area (Å²) < 4.78 is 0. The average molecular weight is 446 g/mol. The number of guanidine groups is 1. The van der Waals surface area contributed by atoms with Crippen LogP contribution in [0.1, 0.15) is 40.0 Å². The zero-order valence-electron chi connectivity index (χ0n) is 18.1. The Morgan fingerprint density at radius 2 is 1.65 bits per heavy atom. The minimum absolute atomic E-state index is 0.105. The lowest BCUT2D eigenvalue weighted by atomic mass is 10.0. The van der Waals surface area contributed by atoms with Crippen LogP contribution in [0.25, 0.3) is 0 Å². The minimum Gasteiger partial charge on any atom is -0.480 e. The number of aliphatic imine (C=N–C) groups is 1. The Bertz CT molecular complexity index is 649. The molecule has 0 aromatic heterocycles. The molecule has 0 aliphatic carbocycles. The Kier molecular flexibility index (Phi) is 12.8. The van der Waals surface area contributed by atoms with Crippen LogP contribution in [0.15, 0.2) is 4.99 Å². The van der Waals surface area contributed by atoms with Gasteiger partial charge in [0.05, 0.1) is 18.7 Å². The van der Waals surface area contributed by atoms with Crippen LogP contribution in [0.3, 0.4) is 0 Å². The summed E-state index contributed by atoms with van der Waals surface area (Å²) in [7, 11) is 0. The first-order valence-electron chi connectivity index (χ1n) is 9.94. The van der Waals surface area contributed by atoms with Crippen molar-refractivity contribution in [2.24, 2.45) is 28.1 Å². The maximum absolute atomic E-state index is 12.5. The van der Waals surface area contributed by atoms with Crippen molar-refractivity contribution < 1.29 is 29.4 Å². The molecule has 0 saturated carbocycles. The van der Waals surface area contributed by atoms with Crippen molar-refractivity contribution in [2.75, 3.05) is 13.1 Å². The predicted molar refractivity (Wildman–Crippen MR) is 114 cm³/mol. The van der Waals surface area contributed by atoms with Gasteiger partial charge in [0.15, 0.2) is 12.0 Å². The zero-order valence-corrected chi connectivity index (χ0v) is 18.1. The van der Waals surface area contributed by atoms with Gasteiger partial charge in [0.1, 0.15) is 6.04 Å². The molecule has 0 heterocycles. The number of rotatable bonds is 14. The van der Waals surface area contributed by atoms with Crippen LogP contribution in [0.5, 0.6) is 0 Å². The van der Waals surface area contributed by atoms with Gasteiger partial charge in [-0.3, -0.25) is 19.4 Å². The number of amides is 3. The lowest BCUT2D eigenvalue weighted by Gasteiger charge is -2.22. The Labute approximate surface area is 181 Å². The molecule has 178 valence electrons. The molecule has 4 atom stereocenters. The van der Waals surface area contributed by atoms with Gasteiger partial charge in [0.2, 0.25) is 17.7 Å². The molecule has 13 heteroatoms. The smallest absolute Gasteiger partial charge is 0.328 e. The van der Waals surface area contributed by atoms with E-state index in [4.69, 9.17) is 22.3 Å². The van der Waals surface area contributed by atoms with Gasteiger partial charge >= 0.3 is 5.97 Å². The SMILES string of the molecule is CC(C)CC(N)C(=O)NC(CCCN=C(N)N)C(=O)NCC(=O)NC(C(=O)O)C(C)O. The molecule has 0 spiro atoms. The molecule has 11 N–H and O–H groups in total. The van der Waals surface area contributed by atoms with Crippen LogP contribution in [0.4, 0.5) is 0 Å². The molecule has 0 aliphatic rings. The zero-order chi connectivity index (χ0) is 24.1. The highest BCUT2D eigenvalue weighted by Gasteiger charge is 2.27. The van der Waals surface area contributed by atoms with E-state index in [2.05, 4.69) is 20.9 Å². The number of carboxylic acid groups (broad SMARTS) is 1. The first kappa shape index (κ1) is 28.1. The van der Waals surface area contributed by atoms with E-state index in [0.717, 1.165) is 0 Å². The number of aliphatic carboxylic acids is 1. The molecular weight excluding hydrogens is 410 g/mol. The minimum atomic E-state index is -1.52. The Balaban J connectivity index is 4.97. The lowest BCUT2D eigenvalue weighted by molar-refractivity contribution is -0.144. The van der Waals surface area contributed by atoms with E-state index in [1.807, 2.05) is 13.8 Å². The van der Waals surface area contributed by atoms with Crippen LogP contribution >= 0.6 is 0 Å². The second-order valence-corrected chi connectivity index (χ2v) is 7.59. The van der Waals surface area contributed by atoms with E-state index in [9.17, 15) is 24.3 Å². The van der Waals surface area contributed by atoms with Crippen LogP contribution < -0.4 is 33.2 Å². The second-order valence-electron chi connectivity index (χ2n) is 7.59.